The number of rotatable bonds is 5. The van der Waals surface area contributed by atoms with Crippen LogP contribution in [0, 0.1) is 5.82 Å². The summed E-state index contributed by atoms with van der Waals surface area (Å²) in [7, 11) is 0. The molecule has 1 N–H and O–H groups in total. The number of pyridine rings is 5. The average molecular weight is 669 g/mol. The van der Waals surface area contributed by atoms with Crippen LogP contribution in [0.25, 0.3) is 0 Å². The number of aromatic nitrogens is 5. The van der Waals surface area contributed by atoms with Crippen LogP contribution in [0.3, 0.4) is 0 Å². The molecule has 5 aromatic rings. The van der Waals surface area contributed by atoms with Crippen molar-refractivity contribution in [1.29, 1.82) is 0 Å². The molecule has 1 fully saturated rings. The van der Waals surface area contributed by atoms with E-state index < -0.39 is 0 Å². The lowest BCUT2D eigenvalue weighted by molar-refractivity contribution is 0.0809. The van der Waals surface area contributed by atoms with E-state index in [-0.39, 0.29) is 11.6 Å². The Kier molecular flexibility index (Phi) is 20.1. The third-order valence-corrected chi connectivity index (χ3v) is 6.31. The van der Waals surface area contributed by atoms with Crippen LogP contribution < -0.4 is 0 Å². The van der Waals surface area contributed by atoms with E-state index in [0.717, 1.165) is 44.8 Å². The van der Waals surface area contributed by atoms with Gasteiger partial charge in [-0.15, -0.1) is 0 Å². The van der Waals surface area contributed by atoms with Gasteiger partial charge >= 0.3 is 0 Å². The lowest BCUT2D eigenvalue weighted by Gasteiger charge is -2.21. The van der Waals surface area contributed by atoms with Gasteiger partial charge in [0.05, 0.1) is 35.1 Å². The SMILES string of the molecule is CC(C)OCCc1ccccn1.Clc1cccnc1.Fc1cccnc1.Oc1cncc(Cl)c1.c1cc(C2CCOCC2)ccn1. The zero-order valence-corrected chi connectivity index (χ0v) is 27.5. The van der Waals surface area contributed by atoms with Crippen LogP contribution in [0.1, 0.15) is 43.9 Å². The molecule has 244 valence electrons. The van der Waals surface area contributed by atoms with E-state index in [9.17, 15) is 4.39 Å². The Balaban J connectivity index is 0.000000204. The van der Waals surface area contributed by atoms with Crippen LogP contribution in [0.4, 0.5) is 4.39 Å². The van der Waals surface area contributed by atoms with Gasteiger partial charge in [0.25, 0.3) is 0 Å². The van der Waals surface area contributed by atoms with Crippen LogP contribution in [0.5, 0.6) is 5.75 Å². The molecule has 0 atom stereocenters. The fourth-order valence-electron chi connectivity index (χ4n) is 3.70. The summed E-state index contributed by atoms with van der Waals surface area (Å²) >= 11 is 10.9. The van der Waals surface area contributed by atoms with Gasteiger partial charge in [-0.2, -0.15) is 0 Å². The molecule has 1 saturated heterocycles. The van der Waals surface area contributed by atoms with E-state index >= 15 is 0 Å². The largest absolute Gasteiger partial charge is 0.506 e. The molecule has 1 aliphatic rings. The first-order valence-electron chi connectivity index (χ1n) is 14.7. The van der Waals surface area contributed by atoms with E-state index in [4.69, 9.17) is 37.8 Å². The molecule has 5 aromatic heterocycles. The summed E-state index contributed by atoms with van der Waals surface area (Å²) in [6.45, 7) is 6.66. The predicted octanol–water partition coefficient (Wildman–Crippen LogP) is 8.42. The topological polar surface area (TPSA) is 103 Å². The van der Waals surface area contributed by atoms with Crippen molar-refractivity contribution in [2.75, 3.05) is 19.8 Å². The summed E-state index contributed by atoms with van der Waals surface area (Å²) in [5.74, 6) is 0.502. The van der Waals surface area contributed by atoms with Crippen molar-refractivity contribution in [1.82, 2.24) is 24.9 Å². The van der Waals surface area contributed by atoms with Crippen molar-refractivity contribution in [3.05, 3.63) is 144 Å². The Bertz CT molecular complexity index is 1370. The van der Waals surface area contributed by atoms with Crippen molar-refractivity contribution in [2.24, 2.45) is 0 Å². The highest BCUT2D eigenvalue weighted by Crippen LogP contribution is 2.25. The molecule has 1 aliphatic heterocycles. The van der Waals surface area contributed by atoms with Gasteiger partial charge in [0.15, 0.2) is 0 Å². The first kappa shape index (κ1) is 38.2. The number of aromatic hydroxyl groups is 1. The van der Waals surface area contributed by atoms with E-state index in [1.54, 1.807) is 30.6 Å². The van der Waals surface area contributed by atoms with E-state index in [2.05, 4.69) is 37.1 Å². The maximum atomic E-state index is 11.8. The van der Waals surface area contributed by atoms with E-state index in [1.807, 2.05) is 50.6 Å². The van der Waals surface area contributed by atoms with Gasteiger partial charge in [-0.1, -0.05) is 29.3 Å². The predicted molar refractivity (Wildman–Crippen MR) is 180 cm³/mol. The Morgan fingerprint density at radius 3 is 1.96 bits per heavy atom. The smallest absolute Gasteiger partial charge is 0.141 e. The third kappa shape index (κ3) is 19.4. The summed E-state index contributed by atoms with van der Waals surface area (Å²) in [5, 5.41) is 9.80. The monoisotopic (exact) mass is 667 g/mol. The molecule has 6 rings (SSSR count). The van der Waals surface area contributed by atoms with Crippen molar-refractivity contribution in [3.63, 3.8) is 0 Å². The average Bonchev–Trinajstić information content (AvgIpc) is 3.08. The molecule has 0 saturated carbocycles. The van der Waals surface area contributed by atoms with Gasteiger partial charge in [0.2, 0.25) is 0 Å². The van der Waals surface area contributed by atoms with E-state index in [0.29, 0.717) is 22.1 Å². The zero-order chi connectivity index (χ0) is 33.2. The van der Waals surface area contributed by atoms with Crippen LogP contribution in [0.2, 0.25) is 10.0 Å². The highest BCUT2D eigenvalue weighted by molar-refractivity contribution is 6.30. The van der Waals surface area contributed by atoms with Gasteiger partial charge in [0, 0.05) is 74.8 Å². The number of ether oxygens (including phenoxy) is 2. The second-order valence-electron chi connectivity index (χ2n) is 9.86. The molecule has 0 amide bonds. The lowest BCUT2D eigenvalue weighted by Crippen LogP contribution is -2.13. The summed E-state index contributed by atoms with van der Waals surface area (Å²) in [6, 6.07) is 18.1. The van der Waals surface area contributed by atoms with Crippen LogP contribution in [-0.4, -0.2) is 56.0 Å². The summed E-state index contributed by atoms with van der Waals surface area (Å²) < 4.78 is 22.6. The summed E-state index contributed by atoms with van der Waals surface area (Å²) in [4.78, 5) is 19.1. The van der Waals surface area contributed by atoms with Crippen molar-refractivity contribution >= 4 is 23.2 Å². The lowest BCUT2D eigenvalue weighted by atomic mass is 9.93. The minimum atomic E-state index is -0.289. The first-order chi connectivity index (χ1) is 22.3. The standard InChI is InChI=1S/C10H13NO.C10H15NO.C5H4ClNO.C5H4ClN.C5H4FN/c1-5-11-6-2-9(1)10-3-7-12-8-4-10;1-9(2)12-8-6-10-5-3-4-7-11-10;6-4-1-5(8)3-7-2-4;2*6-5-2-1-3-7-4-5/h1-2,5-6,10H,3-4,7-8H2;3-5,7,9H,6,8H2,1-2H3;1-3,8H;2*1-4H. The van der Waals surface area contributed by atoms with Gasteiger partial charge < -0.3 is 14.6 Å². The van der Waals surface area contributed by atoms with Crippen LogP contribution >= 0.6 is 23.2 Å². The Labute approximate surface area is 280 Å². The Morgan fingerprint density at radius 1 is 0.804 bits per heavy atom. The molecular formula is C35H40Cl2FN5O3. The maximum absolute atomic E-state index is 11.8. The first-order valence-corrected chi connectivity index (χ1v) is 15.5. The maximum Gasteiger partial charge on any atom is 0.141 e. The van der Waals surface area contributed by atoms with Crippen molar-refractivity contribution in [2.45, 2.75) is 45.1 Å². The minimum absolute atomic E-state index is 0.0949. The van der Waals surface area contributed by atoms with Gasteiger partial charge in [-0.25, -0.2) is 4.39 Å². The molecule has 0 bridgehead atoms. The van der Waals surface area contributed by atoms with Crippen molar-refractivity contribution in [3.8, 4) is 5.75 Å². The fourth-order valence-corrected chi connectivity index (χ4v) is 3.99. The summed E-state index contributed by atoms with van der Waals surface area (Å²) in [5.41, 5.74) is 2.51. The zero-order valence-electron chi connectivity index (χ0n) is 26.0. The Morgan fingerprint density at radius 2 is 1.50 bits per heavy atom. The quantitative estimate of drug-likeness (QED) is 0.199. The van der Waals surface area contributed by atoms with Crippen molar-refractivity contribution < 1.29 is 19.0 Å². The second kappa shape index (κ2) is 24.2. The molecule has 6 heterocycles. The van der Waals surface area contributed by atoms with Gasteiger partial charge in [-0.05, 0) is 86.7 Å². The van der Waals surface area contributed by atoms with Crippen LogP contribution in [0.15, 0.2) is 116 Å². The molecule has 46 heavy (non-hydrogen) atoms. The molecule has 0 aliphatic carbocycles. The molecule has 0 aromatic carbocycles. The Hall–Kier alpha value is -4.02. The molecule has 0 spiro atoms. The second-order valence-corrected chi connectivity index (χ2v) is 10.7. The number of nitrogens with zero attached hydrogens (tertiary/aromatic N) is 5. The molecule has 0 unspecified atom stereocenters. The highest BCUT2D eigenvalue weighted by Gasteiger charge is 2.14. The fraction of sp³-hybridized carbons (Fsp3) is 0.286. The van der Waals surface area contributed by atoms with Gasteiger partial charge in [-0.3, -0.25) is 24.9 Å². The van der Waals surface area contributed by atoms with Gasteiger partial charge in [0.1, 0.15) is 11.6 Å². The summed E-state index contributed by atoms with van der Waals surface area (Å²) in [6.07, 6.45) is 17.8. The highest BCUT2D eigenvalue weighted by atomic mass is 35.5. The molecule has 8 nitrogen and oxygen atoms in total. The van der Waals surface area contributed by atoms with Crippen LogP contribution in [-0.2, 0) is 15.9 Å². The minimum Gasteiger partial charge on any atom is -0.506 e. The number of hydrogen-bond donors (Lipinski definition) is 1. The third-order valence-electron chi connectivity index (χ3n) is 5.88. The molecule has 11 heteroatoms. The van der Waals surface area contributed by atoms with E-state index in [1.165, 1.54) is 42.5 Å². The molecular weight excluding hydrogens is 628 g/mol. The normalized spacial score (nSPS) is 12.0. The number of halogens is 3. The number of hydrogen-bond acceptors (Lipinski definition) is 8. The molecule has 0 radical (unpaired) electrons.